The average Bonchev–Trinajstić information content (AvgIpc) is 2.47. The molecule has 1 aromatic heterocycles. The molecular weight excluding hydrogens is 168 g/mol. The number of ether oxygens (including phenoxy) is 1. The monoisotopic (exact) mass is 184 g/mol. The molecule has 68 valence electrons. The van der Waals surface area contributed by atoms with E-state index >= 15 is 0 Å². The van der Waals surface area contributed by atoms with E-state index in [1.807, 2.05) is 0 Å². The Morgan fingerprint density at radius 1 is 1.50 bits per heavy atom. The Hall–Kier alpha value is -0.500. The summed E-state index contributed by atoms with van der Waals surface area (Å²) in [5, 5.41) is 4.18. The summed E-state index contributed by atoms with van der Waals surface area (Å²) in [7, 11) is 0. The Kier molecular flexibility index (Phi) is 3.60. The molecule has 0 unspecified atom stereocenters. The minimum atomic E-state index is 0.657. The van der Waals surface area contributed by atoms with Gasteiger partial charge in [-0.2, -0.15) is 0 Å². The minimum absolute atomic E-state index is 0.657. The second-order valence-corrected chi connectivity index (χ2v) is 3.99. The molecule has 0 aliphatic rings. The molecular formula is C10H16OS. The SMILES string of the molecule is CC[C@H](C)COc1cscc1C. The van der Waals surface area contributed by atoms with Gasteiger partial charge in [0.2, 0.25) is 0 Å². The Bertz CT molecular complexity index is 229. The minimum Gasteiger partial charge on any atom is -0.492 e. The van der Waals surface area contributed by atoms with Crippen molar-refractivity contribution in [3.63, 3.8) is 0 Å². The zero-order valence-corrected chi connectivity index (χ0v) is 8.78. The molecule has 0 aromatic carbocycles. The highest BCUT2D eigenvalue weighted by atomic mass is 32.1. The van der Waals surface area contributed by atoms with E-state index in [0.717, 1.165) is 12.4 Å². The molecule has 1 nitrogen and oxygen atoms in total. The van der Waals surface area contributed by atoms with Gasteiger partial charge < -0.3 is 4.74 Å². The molecule has 0 fully saturated rings. The van der Waals surface area contributed by atoms with E-state index in [4.69, 9.17) is 4.74 Å². The third-order valence-corrected chi connectivity index (χ3v) is 2.87. The van der Waals surface area contributed by atoms with Gasteiger partial charge in [-0.15, -0.1) is 11.3 Å². The topological polar surface area (TPSA) is 9.23 Å². The van der Waals surface area contributed by atoms with E-state index in [1.54, 1.807) is 11.3 Å². The molecule has 12 heavy (non-hydrogen) atoms. The predicted molar refractivity (Wildman–Crippen MR) is 54.0 cm³/mol. The molecule has 1 atom stereocenters. The van der Waals surface area contributed by atoms with Crippen LogP contribution in [0.2, 0.25) is 0 Å². The summed E-state index contributed by atoms with van der Waals surface area (Å²) in [6.07, 6.45) is 1.18. The first kappa shape index (κ1) is 9.59. The van der Waals surface area contributed by atoms with Crippen molar-refractivity contribution in [2.75, 3.05) is 6.61 Å². The lowest BCUT2D eigenvalue weighted by Crippen LogP contribution is -2.07. The smallest absolute Gasteiger partial charge is 0.132 e. The van der Waals surface area contributed by atoms with E-state index in [0.29, 0.717) is 5.92 Å². The van der Waals surface area contributed by atoms with Crippen LogP contribution in [0.3, 0.4) is 0 Å². The lowest BCUT2D eigenvalue weighted by molar-refractivity contribution is 0.256. The van der Waals surface area contributed by atoms with Gasteiger partial charge in [-0.3, -0.25) is 0 Å². The first-order chi connectivity index (χ1) is 5.74. The third kappa shape index (κ3) is 2.52. The summed E-state index contributed by atoms with van der Waals surface area (Å²) in [6.45, 7) is 7.33. The van der Waals surface area contributed by atoms with Crippen molar-refractivity contribution < 1.29 is 4.74 Å². The number of hydrogen-bond donors (Lipinski definition) is 0. The molecule has 0 bridgehead atoms. The lowest BCUT2D eigenvalue weighted by Gasteiger charge is -2.09. The molecule has 0 saturated heterocycles. The van der Waals surface area contributed by atoms with Crippen molar-refractivity contribution in [1.29, 1.82) is 0 Å². The van der Waals surface area contributed by atoms with Gasteiger partial charge in [0.1, 0.15) is 5.75 Å². The Labute approximate surface area is 78.4 Å². The van der Waals surface area contributed by atoms with Crippen molar-refractivity contribution in [2.24, 2.45) is 5.92 Å². The highest BCUT2D eigenvalue weighted by molar-refractivity contribution is 7.08. The van der Waals surface area contributed by atoms with Crippen LogP contribution in [0.25, 0.3) is 0 Å². The maximum atomic E-state index is 5.64. The number of aryl methyl sites for hydroxylation is 1. The van der Waals surface area contributed by atoms with Crippen molar-refractivity contribution in [2.45, 2.75) is 27.2 Å². The van der Waals surface area contributed by atoms with E-state index in [9.17, 15) is 0 Å². The van der Waals surface area contributed by atoms with E-state index in [2.05, 4.69) is 31.5 Å². The summed E-state index contributed by atoms with van der Waals surface area (Å²) in [4.78, 5) is 0. The number of rotatable bonds is 4. The van der Waals surface area contributed by atoms with Crippen molar-refractivity contribution in [3.05, 3.63) is 16.3 Å². The fourth-order valence-corrected chi connectivity index (χ4v) is 1.61. The molecule has 0 radical (unpaired) electrons. The molecule has 0 amide bonds. The van der Waals surface area contributed by atoms with Crippen LogP contribution >= 0.6 is 11.3 Å². The molecule has 0 aliphatic heterocycles. The Morgan fingerprint density at radius 3 is 2.75 bits per heavy atom. The third-order valence-electron chi connectivity index (χ3n) is 2.03. The highest BCUT2D eigenvalue weighted by Gasteiger charge is 2.02. The van der Waals surface area contributed by atoms with Gasteiger partial charge >= 0.3 is 0 Å². The largest absolute Gasteiger partial charge is 0.492 e. The first-order valence-corrected chi connectivity index (χ1v) is 5.34. The van der Waals surface area contributed by atoms with Gasteiger partial charge in [0.05, 0.1) is 6.61 Å². The number of hydrogen-bond acceptors (Lipinski definition) is 2. The second kappa shape index (κ2) is 4.51. The van der Waals surface area contributed by atoms with Crippen molar-refractivity contribution in [3.8, 4) is 5.75 Å². The van der Waals surface area contributed by atoms with Gasteiger partial charge in [-0.1, -0.05) is 20.3 Å². The second-order valence-electron chi connectivity index (χ2n) is 3.24. The standard InChI is InChI=1S/C10H16OS/c1-4-8(2)5-11-10-7-12-6-9(10)3/h6-8H,4-5H2,1-3H3/t8-/m0/s1. The van der Waals surface area contributed by atoms with Crippen LogP contribution in [-0.4, -0.2) is 6.61 Å². The predicted octanol–water partition coefficient (Wildman–Crippen LogP) is 3.48. The fraction of sp³-hybridized carbons (Fsp3) is 0.600. The maximum Gasteiger partial charge on any atom is 0.132 e. The summed E-state index contributed by atoms with van der Waals surface area (Å²) >= 11 is 1.70. The van der Waals surface area contributed by atoms with E-state index in [1.165, 1.54) is 12.0 Å². The maximum absolute atomic E-state index is 5.64. The van der Waals surface area contributed by atoms with Crippen molar-refractivity contribution in [1.82, 2.24) is 0 Å². The zero-order chi connectivity index (χ0) is 8.97. The lowest BCUT2D eigenvalue weighted by atomic mass is 10.1. The molecule has 0 spiro atoms. The van der Waals surface area contributed by atoms with Gasteiger partial charge in [-0.05, 0) is 18.2 Å². The zero-order valence-electron chi connectivity index (χ0n) is 7.96. The molecule has 2 heteroatoms. The van der Waals surface area contributed by atoms with Crippen LogP contribution in [0.5, 0.6) is 5.75 Å². The van der Waals surface area contributed by atoms with Crippen LogP contribution in [-0.2, 0) is 0 Å². The van der Waals surface area contributed by atoms with Gasteiger partial charge in [0.15, 0.2) is 0 Å². The summed E-state index contributed by atoms with van der Waals surface area (Å²) in [6, 6.07) is 0. The quantitative estimate of drug-likeness (QED) is 0.696. The van der Waals surface area contributed by atoms with E-state index < -0.39 is 0 Å². The van der Waals surface area contributed by atoms with Crippen LogP contribution in [0.4, 0.5) is 0 Å². The van der Waals surface area contributed by atoms with Crippen LogP contribution in [0.1, 0.15) is 25.8 Å². The normalized spacial score (nSPS) is 12.9. The highest BCUT2D eigenvalue weighted by Crippen LogP contribution is 2.22. The van der Waals surface area contributed by atoms with E-state index in [-0.39, 0.29) is 0 Å². The summed E-state index contributed by atoms with van der Waals surface area (Å²) in [5.41, 5.74) is 1.25. The molecule has 1 heterocycles. The van der Waals surface area contributed by atoms with Crippen LogP contribution in [0.15, 0.2) is 10.8 Å². The van der Waals surface area contributed by atoms with Gasteiger partial charge in [-0.25, -0.2) is 0 Å². The fourth-order valence-electron chi connectivity index (χ4n) is 0.847. The van der Waals surface area contributed by atoms with Crippen LogP contribution < -0.4 is 4.74 Å². The molecule has 0 saturated carbocycles. The van der Waals surface area contributed by atoms with Gasteiger partial charge in [0.25, 0.3) is 0 Å². The van der Waals surface area contributed by atoms with Crippen molar-refractivity contribution >= 4 is 11.3 Å². The molecule has 0 N–H and O–H groups in total. The summed E-state index contributed by atoms with van der Waals surface area (Å²) < 4.78 is 5.64. The first-order valence-electron chi connectivity index (χ1n) is 4.39. The van der Waals surface area contributed by atoms with Gasteiger partial charge in [0, 0.05) is 10.9 Å². The molecule has 1 rings (SSSR count). The summed E-state index contributed by atoms with van der Waals surface area (Å²) in [5.74, 6) is 1.71. The Balaban J connectivity index is 2.38. The molecule has 1 aromatic rings. The molecule has 0 aliphatic carbocycles. The Morgan fingerprint density at radius 2 is 2.25 bits per heavy atom. The van der Waals surface area contributed by atoms with Crippen LogP contribution in [0, 0.1) is 12.8 Å². The average molecular weight is 184 g/mol. The number of thiophene rings is 1.